The van der Waals surface area contributed by atoms with Crippen molar-refractivity contribution in [1.29, 1.82) is 0 Å². The first-order valence-corrected chi connectivity index (χ1v) is 9.10. The highest BCUT2D eigenvalue weighted by Gasteiger charge is 2.33. The van der Waals surface area contributed by atoms with Crippen molar-refractivity contribution >= 4 is 29.7 Å². The number of nitrogens with one attached hydrogen (secondary N) is 2. The Labute approximate surface area is 162 Å². The molecule has 0 aromatic carbocycles. The number of alkyl carbamates (subject to hydrolysis) is 1. The van der Waals surface area contributed by atoms with Gasteiger partial charge in [-0.2, -0.15) is 0 Å². The van der Waals surface area contributed by atoms with E-state index in [0.29, 0.717) is 37.5 Å². The molecule has 10 heteroatoms. The smallest absolute Gasteiger partial charge is 0.415 e. The zero-order valence-electron chi connectivity index (χ0n) is 16.1. The third-order valence-electron chi connectivity index (χ3n) is 3.98. The van der Waals surface area contributed by atoms with Crippen LogP contribution in [0, 0.1) is 0 Å². The van der Waals surface area contributed by atoms with Gasteiger partial charge in [0.2, 0.25) is 0 Å². The van der Waals surface area contributed by atoms with Crippen LogP contribution in [-0.2, 0) is 14.3 Å². The van der Waals surface area contributed by atoms with Crippen molar-refractivity contribution < 1.29 is 28.6 Å². The standard InChI is InChI=1S/C18H24N4O6/c1-18(2,3)28-16(24)19-8-4-5-11-9-22(17(25)27-11)13-7-6-12-15(20-13)21-14(23)10-26-12/h6-7,11H,4-5,8-10H2,1-3H3,(H,19,24)(H,20,21,23). The molecule has 1 aromatic rings. The first-order valence-electron chi connectivity index (χ1n) is 9.10. The van der Waals surface area contributed by atoms with Crippen molar-refractivity contribution in [2.45, 2.75) is 45.3 Å². The van der Waals surface area contributed by atoms with Crippen LogP contribution in [0.2, 0.25) is 0 Å². The zero-order chi connectivity index (χ0) is 20.3. The van der Waals surface area contributed by atoms with Gasteiger partial charge in [0.25, 0.3) is 5.91 Å². The number of pyridine rings is 1. The molecule has 0 spiro atoms. The number of hydrogen-bond acceptors (Lipinski definition) is 7. The molecule has 0 saturated carbocycles. The molecule has 1 atom stereocenters. The van der Waals surface area contributed by atoms with Gasteiger partial charge in [0.15, 0.2) is 18.2 Å². The van der Waals surface area contributed by atoms with E-state index in [0.717, 1.165) is 0 Å². The molecule has 2 aliphatic rings. The number of hydrogen-bond donors (Lipinski definition) is 2. The number of carbonyl (C=O) groups excluding carboxylic acids is 3. The van der Waals surface area contributed by atoms with E-state index in [1.54, 1.807) is 32.9 Å². The number of cyclic esters (lactones) is 1. The summed E-state index contributed by atoms with van der Waals surface area (Å²) in [6.45, 7) is 6.09. The number of rotatable bonds is 5. The molecule has 0 bridgehead atoms. The Morgan fingerprint density at radius 1 is 1.39 bits per heavy atom. The van der Waals surface area contributed by atoms with Crippen molar-refractivity contribution in [1.82, 2.24) is 10.3 Å². The Morgan fingerprint density at radius 2 is 2.18 bits per heavy atom. The highest BCUT2D eigenvalue weighted by atomic mass is 16.6. The fraction of sp³-hybridized carbons (Fsp3) is 0.556. The first kappa shape index (κ1) is 19.7. The number of amides is 3. The van der Waals surface area contributed by atoms with Gasteiger partial charge in [0.05, 0.1) is 6.54 Å². The Morgan fingerprint density at radius 3 is 2.93 bits per heavy atom. The number of carbonyl (C=O) groups is 3. The van der Waals surface area contributed by atoms with E-state index in [1.807, 2.05) is 0 Å². The van der Waals surface area contributed by atoms with E-state index in [1.165, 1.54) is 4.90 Å². The monoisotopic (exact) mass is 392 g/mol. The minimum Gasteiger partial charge on any atom is -0.480 e. The van der Waals surface area contributed by atoms with Crippen LogP contribution in [0.3, 0.4) is 0 Å². The first-order chi connectivity index (χ1) is 13.2. The normalized spacial score (nSPS) is 18.7. The van der Waals surface area contributed by atoms with Crippen LogP contribution in [0.5, 0.6) is 5.75 Å². The van der Waals surface area contributed by atoms with Gasteiger partial charge in [-0.15, -0.1) is 0 Å². The van der Waals surface area contributed by atoms with Crippen molar-refractivity contribution in [2.24, 2.45) is 0 Å². The number of aromatic nitrogens is 1. The van der Waals surface area contributed by atoms with Gasteiger partial charge in [-0.1, -0.05) is 0 Å². The molecule has 10 nitrogen and oxygen atoms in total. The maximum Gasteiger partial charge on any atom is 0.415 e. The van der Waals surface area contributed by atoms with Crippen LogP contribution >= 0.6 is 0 Å². The maximum absolute atomic E-state index is 12.2. The third kappa shape index (κ3) is 5.02. The molecule has 152 valence electrons. The zero-order valence-corrected chi connectivity index (χ0v) is 16.1. The van der Waals surface area contributed by atoms with Gasteiger partial charge < -0.3 is 24.8 Å². The van der Waals surface area contributed by atoms with Gasteiger partial charge >= 0.3 is 12.2 Å². The van der Waals surface area contributed by atoms with Gasteiger partial charge in [-0.25, -0.2) is 14.6 Å². The van der Waals surface area contributed by atoms with E-state index in [2.05, 4.69) is 15.6 Å². The van der Waals surface area contributed by atoms with Crippen LogP contribution in [0.25, 0.3) is 0 Å². The molecule has 2 aliphatic heterocycles. The lowest BCUT2D eigenvalue weighted by atomic mass is 10.2. The van der Waals surface area contributed by atoms with E-state index in [-0.39, 0.29) is 24.4 Å². The lowest BCUT2D eigenvalue weighted by molar-refractivity contribution is -0.118. The average molecular weight is 392 g/mol. The van der Waals surface area contributed by atoms with Crippen LogP contribution in [0.1, 0.15) is 33.6 Å². The largest absolute Gasteiger partial charge is 0.480 e. The molecule has 3 rings (SSSR count). The molecule has 1 aromatic heterocycles. The Kier molecular flexibility index (Phi) is 5.57. The molecule has 28 heavy (non-hydrogen) atoms. The quantitative estimate of drug-likeness (QED) is 0.736. The minimum absolute atomic E-state index is 0.0564. The summed E-state index contributed by atoms with van der Waals surface area (Å²) in [5.74, 6) is 0.827. The molecular formula is C18H24N4O6. The second-order valence-corrected chi connectivity index (χ2v) is 7.54. The Balaban J connectivity index is 1.48. The van der Waals surface area contributed by atoms with Crippen molar-refractivity contribution in [3.63, 3.8) is 0 Å². The lowest BCUT2D eigenvalue weighted by Crippen LogP contribution is -2.33. The second-order valence-electron chi connectivity index (χ2n) is 7.54. The fourth-order valence-electron chi connectivity index (χ4n) is 2.80. The summed E-state index contributed by atoms with van der Waals surface area (Å²) in [4.78, 5) is 40.9. The van der Waals surface area contributed by atoms with Crippen LogP contribution in [-0.4, -0.2) is 54.5 Å². The van der Waals surface area contributed by atoms with Gasteiger partial charge in [0, 0.05) is 6.54 Å². The maximum atomic E-state index is 12.2. The van der Waals surface area contributed by atoms with Crippen molar-refractivity contribution in [3.05, 3.63) is 12.1 Å². The Bertz CT molecular complexity index is 776. The summed E-state index contributed by atoms with van der Waals surface area (Å²) < 4.78 is 15.8. The van der Waals surface area contributed by atoms with Crippen molar-refractivity contribution in [3.8, 4) is 5.75 Å². The molecule has 2 N–H and O–H groups in total. The summed E-state index contributed by atoms with van der Waals surface area (Å²) in [5.41, 5.74) is -0.544. The van der Waals surface area contributed by atoms with Crippen LogP contribution in [0.4, 0.5) is 21.2 Å². The van der Waals surface area contributed by atoms with E-state index < -0.39 is 17.8 Å². The number of nitrogens with zero attached hydrogens (tertiary/aromatic N) is 2. The van der Waals surface area contributed by atoms with E-state index >= 15 is 0 Å². The molecule has 1 unspecified atom stereocenters. The summed E-state index contributed by atoms with van der Waals surface area (Å²) in [6.07, 6.45) is -0.0627. The van der Waals surface area contributed by atoms with Gasteiger partial charge in [-0.05, 0) is 45.7 Å². The van der Waals surface area contributed by atoms with Crippen LogP contribution < -0.4 is 20.3 Å². The molecule has 1 saturated heterocycles. The molecule has 3 heterocycles. The molecular weight excluding hydrogens is 368 g/mol. The highest BCUT2D eigenvalue weighted by molar-refractivity contribution is 5.95. The topological polar surface area (TPSA) is 119 Å². The predicted molar refractivity (Wildman–Crippen MR) is 99.4 cm³/mol. The molecule has 3 amide bonds. The van der Waals surface area contributed by atoms with E-state index in [9.17, 15) is 14.4 Å². The number of ether oxygens (including phenoxy) is 3. The van der Waals surface area contributed by atoms with Gasteiger partial charge in [0.1, 0.15) is 17.5 Å². The number of fused-ring (bicyclic) bond motifs is 1. The molecule has 0 radical (unpaired) electrons. The summed E-state index contributed by atoms with van der Waals surface area (Å²) in [5, 5.41) is 5.29. The third-order valence-corrected chi connectivity index (χ3v) is 3.98. The predicted octanol–water partition coefficient (Wildman–Crippen LogP) is 2.04. The lowest BCUT2D eigenvalue weighted by Gasteiger charge is -2.20. The fourth-order valence-corrected chi connectivity index (χ4v) is 2.80. The molecule has 1 fully saturated rings. The average Bonchev–Trinajstić information content (AvgIpc) is 2.97. The minimum atomic E-state index is -0.544. The number of anilines is 2. The highest BCUT2D eigenvalue weighted by Crippen LogP contribution is 2.30. The Hall–Kier alpha value is -3.04. The van der Waals surface area contributed by atoms with Crippen LogP contribution in [0.15, 0.2) is 12.1 Å². The molecule has 0 aliphatic carbocycles. The second kappa shape index (κ2) is 7.91. The van der Waals surface area contributed by atoms with Gasteiger partial charge in [-0.3, -0.25) is 9.69 Å². The SMILES string of the molecule is CC(C)(C)OC(=O)NCCCC1CN(c2ccc3c(n2)NC(=O)CO3)C(=O)O1. The van der Waals surface area contributed by atoms with Crippen molar-refractivity contribution in [2.75, 3.05) is 29.9 Å². The van der Waals surface area contributed by atoms with E-state index in [4.69, 9.17) is 14.2 Å². The summed E-state index contributed by atoms with van der Waals surface area (Å²) in [7, 11) is 0. The summed E-state index contributed by atoms with van der Waals surface area (Å²) >= 11 is 0. The summed E-state index contributed by atoms with van der Waals surface area (Å²) in [6, 6.07) is 3.30.